The van der Waals surface area contributed by atoms with E-state index in [1.807, 2.05) is 0 Å². The minimum atomic E-state index is -0.962. The van der Waals surface area contributed by atoms with Crippen LogP contribution in [-0.4, -0.2) is 10.2 Å². The summed E-state index contributed by atoms with van der Waals surface area (Å²) in [6.45, 7) is 1.75. The zero-order chi connectivity index (χ0) is 12.5. The van der Waals surface area contributed by atoms with Gasteiger partial charge < -0.3 is 10.2 Å². The largest absolute Gasteiger partial charge is 0.508 e. The molecule has 2 aromatic rings. The molecule has 0 fully saturated rings. The Morgan fingerprint density at radius 1 is 0.824 bits per heavy atom. The second kappa shape index (κ2) is 4.30. The van der Waals surface area contributed by atoms with Crippen molar-refractivity contribution in [2.75, 3.05) is 0 Å². The van der Waals surface area contributed by atoms with Crippen molar-refractivity contribution in [2.24, 2.45) is 0 Å². The number of benzene rings is 2. The molecule has 0 aromatic heterocycles. The fourth-order valence-electron chi connectivity index (χ4n) is 1.89. The standard InChI is InChI=1S/C14H13ClO2/c1-14(15,10-6-2-4-8-12(10)16)11-7-3-5-9-13(11)17/h2-9,16-17H,1H3. The molecule has 0 amide bonds. The lowest BCUT2D eigenvalue weighted by Gasteiger charge is -2.24. The van der Waals surface area contributed by atoms with E-state index < -0.39 is 4.87 Å². The van der Waals surface area contributed by atoms with E-state index in [-0.39, 0.29) is 11.5 Å². The SMILES string of the molecule is CC(Cl)(c1ccccc1O)c1ccccc1O. The molecule has 2 N–H and O–H groups in total. The van der Waals surface area contributed by atoms with E-state index in [1.165, 1.54) is 0 Å². The lowest BCUT2D eigenvalue weighted by Crippen LogP contribution is -2.15. The zero-order valence-electron chi connectivity index (χ0n) is 9.39. The number of para-hydroxylation sites is 2. The van der Waals surface area contributed by atoms with Crippen LogP contribution in [0.15, 0.2) is 48.5 Å². The number of hydrogen-bond donors (Lipinski definition) is 2. The molecular weight excluding hydrogens is 236 g/mol. The first-order valence-electron chi connectivity index (χ1n) is 5.29. The van der Waals surface area contributed by atoms with Crippen molar-refractivity contribution >= 4 is 11.6 Å². The van der Waals surface area contributed by atoms with Gasteiger partial charge >= 0.3 is 0 Å². The van der Waals surface area contributed by atoms with Crippen molar-refractivity contribution < 1.29 is 10.2 Å². The van der Waals surface area contributed by atoms with Crippen molar-refractivity contribution in [3.8, 4) is 11.5 Å². The Labute approximate surface area is 105 Å². The van der Waals surface area contributed by atoms with Crippen molar-refractivity contribution in [2.45, 2.75) is 11.8 Å². The van der Waals surface area contributed by atoms with Crippen LogP contribution in [-0.2, 0) is 4.87 Å². The molecule has 2 rings (SSSR count). The lowest BCUT2D eigenvalue weighted by atomic mass is 9.91. The van der Waals surface area contributed by atoms with Crippen molar-refractivity contribution in [1.82, 2.24) is 0 Å². The zero-order valence-corrected chi connectivity index (χ0v) is 10.1. The summed E-state index contributed by atoms with van der Waals surface area (Å²) in [5, 5.41) is 19.7. The van der Waals surface area contributed by atoms with E-state index in [9.17, 15) is 10.2 Å². The summed E-state index contributed by atoms with van der Waals surface area (Å²) >= 11 is 6.48. The predicted octanol–water partition coefficient (Wildman–Crippen LogP) is 3.60. The highest BCUT2D eigenvalue weighted by atomic mass is 35.5. The normalized spacial score (nSPS) is 11.4. The van der Waals surface area contributed by atoms with E-state index >= 15 is 0 Å². The third kappa shape index (κ3) is 2.08. The van der Waals surface area contributed by atoms with Gasteiger partial charge in [0, 0.05) is 11.1 Å². The van der Waals surface area contributed by atoms with E-state index in [4.69, 9.17) is 11.6 Å². The van der Waals surface area contributed by atoms with Crippen LogP contribution in [0.25, 0.3) is 0 Å². The van der Waals surface area contributed by atoms with E-state index in [0.29, 0.717) is 11.1 Å². The summed E-state index contributed by atoms with van der Waals surface area (Å²) in [6.07, 6.45) is 0. The van der Waals surface area contributed by atoms with Gasteiger partial charge in [-0.1, -0.05) is 36.4 Å². The molecule has 3 heteroatoms. The van der Waals surface area contributed by atoms with Gasteiger partial charge in [-0.05, 0) is 19.1 Å². The minimum absolute atomic E-state index is 0.119. The molecule has 0 spiro atoms. The Bertz CT molecular complexity index is 488. The number of halogens is 1. The van der Waals surface area contributed by atoms with E-state index in [1.54, 1.807) is 55.5 Å². The van der Waals surface area contributed by atoms with E-state index in [2.05, 4.69) is 0 Å². The van der Waals surface area contributed by atoms with Crippen LogP contribution < -0.4 is 0 Å². The molecule has 0 saturated carbocycles. The first kappa shape index (κ1) is 11.8. The molecule has 88 valence electrons. The Morgan fingerprint density at radius 3 is 1.53 bits per heavy atom. The smallest absolute Gasteiger partial charge is 0.120 e. The third-order valence-electron chi connectivity index (χ3n) is 2.82. The van der Waals surface area contributed by atoms with Crippen LogP contribution in [0.5, 0.6) is 11.5 Å². The first-order chi connectivity index (χ1) is 8.03. The molecule has 0 aliphatic rings. The molecule has 0 aliphatic carbocycles. The Hall–Kier alpha value is -1.67. The molecule has 2 aromatic carbocycles. The summed E-state index contributed by atoms with van der Waals surface area (Å²) in [7, 11) is 0. The highest BCUT2D eigenvalue weighted by Crippen LogP contribution is 2.43. The van der Waals surface area contributed by atoms with Crippen molar-refractivity contribution in [1.29, 1.82) is 0 Å². The molecular formula is C14H13ClO2. The van der Waals surface area contributed by atoms with Gasteiger partial charge in [0.05, 0.1) is 4.87 Å². The van der Waals surface area contributed by atoms with Gasteiger partial charge in [-0.15, -0.1) is 11.6 Å². The minimum Gasteiger partial charge on any atom is -0.508 e. The maximum atomic E-state index is 9.83. The van der Waals surface area contributed by atoms with Crippen LogP contribution in [0.4, 0.5) is 0 Å². The van der Waals surface area contributed by atoms with Crippen molar-refractivity contribution in [3.63, 3.8) is 0 Å². The fraction of sp³-hybridized carbons (Fsp3) is 0.143. The number of phenols is 2. The average molecular weight is 249 g/mol. The van der Waals surface area contributed by atoms with Crippen molar-refractivity contribution in [3.05, 3.63) is 59.7 Å². The van der Waals surface area contributed by atoms with Crippen LogP contribution in [0, 0.1) is 0 Å². The van der Waals surface area contributed by atoms with Gasteiger partial charge in [0.1, 0.15) is 11.5 Å². The van der Waals surface area contributed by atoms with Gasteiger partial charge in [0.25, 0.3) is 0 Å². The molecule has 17 heavy (non-hydrogen) atoms. The Morgan fingerprint density at radius 2 is 1.18 bits per heavy atom. The molecule has 2 nitrogen and oxygen atoms in total. The molecule has 0 bridgehead atoms. The fourth-order valence-corrected chi connectivity index (χ4v) is 2.21. The van der Waals surface area contributed by atoms with Crippen LogP contribution >= 0.6 is 11.6 Å². The Balaban J connectivity index is 2.58. The summed E-state index contributed by atoms with van der Waals surface area (Å²) < 4.78 is 0. The molecule has 0 unspecified atom stereocenters. The number of rotatable bonds is 2. The summed E-state index contributed by atoms with van der Waals surface area (Å²) in [4.78, 5) is -0.962. The van der Waals surface area contributed by atoms with Gasteiger partial charge in [0.2, 0.25) is 0 Å². The summed E-state index contributed by atoms with van der Waals surface area (Å²) in [5.74, 6) is 0.238. The van der Waals surface area contributed by atoms with Crippen LogP contribution in [0.2, 0.25) is 0 Å². The third-order valence-corrected chi connectivity index (χ3v) is 3.23. The molecule has 0 heterocycles. The maximum absolute atomic E-state index is 9.83. The Kier molecular flexibility index (Phi) is 2.99. The van der Waals surface area contributed by atoms with Gasteiger partial charge in [-0.3, -0.25) is 0 Å². The number of phenolic OH excluding ortho intramolecular Hbond substituents is 2. The number of hydrogen-bond acceptors (Lipinski definition) is 2. The van der Waals surface area contributed by atoms with Crippen LogP contribution in [0.3, 0.4) is 0 Å². The quantitative estimate of drug-likeness (QED) is 0.798. The van der Waals surface area contributed by atoms with Gasteiger partial charge in [-0.2, -0.15) is 0 Å². The summed E-state index contributed by atoms with van der Waals surface area (Å²) in [5.41, 5.74) is 1.14. The van der Waals surface area contributed by atoms with Gasteiger partial charge in [0.15, 0.2) is 0 Å². The maximum Gasteiger partial charge on any atom is 0.120 e. The van der Waals surface area contributed by atoms with E-state index in [0.717, 1.165) is 0 Å². The summed E-state index contributed by atoms with van der Waals surface area (Å²) in [6, 6.07) is 13.7. The number of aromatic hydroxyl groups is 2. The second-order valence-electron chi connectivity index (χ2n) is 4.04. The predicted molar refractivity (Wildman–Crippen MR) is 68.5 cm³/mol. The highest BCUT2D eigenvalue weighted by Gasteiger charge is 2.30. The average Bonchev–Trinajstić information content (AvgIpc) is 2.29. The molecule has 0 aliphatic heterocycles. The lowest BCUT2D eigenvalue weighted by molar-refractivity contribution is 0.451. The first-order valence-corrected chi connectivity index (χ1v) is 5.67. The molecule has 0 saturated heterocycles. The number of alkyl halides is 1. The topological polar surface area (TPSA) is 40.5 Å². The van der Waals surface area contributed by atoms with Crippen LogP contribution in [0.1, 0.15) is 18.1 Å². The molecule has 0 radical (unpaired) electrons. The monoisotopic (exact) mass is 248 g/mol. The highest BCUT2D eigenvalue weighted by molar-refractivity contribution is 6.26. The molecule has 0 atom stereocenters. The van der Waals surface area contributed by atoms with Gasteiger partial charge in [-0.25, -0.2) is 0 Å². The second-order valence-corrected chi connectivity index (χ2v) is 4.79.